The van der Waals surface area contributed by atoms with Crippen LogP contribution in [0.5, 0.6) is 11.8 Å². The van der Waals surface area contributed by atoms with Crippen molar-refractivity contribution >= 4 is 0 Å². The third kappa shape index (κ3) is 5.10. The molecular formula is C25H23F3N6O3. The van der Waals surface area contributed by atoms with Gasteiger partial charge in [-0.2, -0.15) is 18.2 Å². The fraction of sp³-hybridized carbons (Fsp3) is 0.320. The third-order valence-electron chi connectivity index (χ3n) is 5.97. The number of benzene rings is 1. The number of alkyl halides is 3. The number of aromatic nitrogens is 6. The quantitative estimate of drug-likeness (QED) is 0.372. The van der Waals surface area contributed by atoms with Crippen LogP contribution in [0.4, 0.5) is 13.2 Å². The van der Waals surface area contributed by atoms with Gasteiger partial charge in [-0.1, -0.05) is 24.3 Å². The number of ether oxygens (including phenoxy) is 2. The number of imidazole rings is 1. The van der Waals surface area contributed by atoms with Crippen molar-refractivity contribution in [2.45, 2.75) is 38.1 Å². The molecule has 0 amide bonds. The van der Waals surface area contributed by atoms with Crippen LogP contribution < -0.4 is 9.47 Å². The molecule has 5 rings (SSSR count). The van der Waals surface area contributed by atoms with Gasteiger partial charge in [-0.3, -0.25) is 0 Å². The zero-order chi connectivity index (χ0) is 26.2. The van der Waals surface area contributed by atoms with E-state index in [9.17, 15) is 18.3 Å². The summed E-state index contributed by atoms with van der Waals surface area (Å²) in [7, 11) is 3.03. The highest BCUT2D eigenvalue weighted by molar-refractivity contribution is 5.66. The van der Waals surface area contributed by atoms with Gasteiger partial charge in [0.1, 0.15) is 24.3 Å². The molecule has 4 aromatic rings. The highest BCUT2D eigenvalue weighted by Gasteiger charge is 2.34. The predicted molar refractivity (Wildman–Crippen MR) is 125 cm³/mol. The monoisotopic (exact) mass is 512 g/mol. The first-order valence-corrected chi connectivity index (χ1v) is 11.5. The van der Waals surface area contributed by atoms with Crippen LogP contribution in [-0.4, -0.2) is 41.7 Å². The zero-order valence-corrected chi connectivity index (χ0v) is 20.0. The number of hydrogen-bond donors (Lipinski definition) is 1. The second-order valence-electron chi connectivity index (χ2n) is 8.64. The molecule has 0 saturated heterocycles. The number of halogens is 3. The molecule has 0 spiro atoms. The van der Waals surface area contributed by atoms with Gasteiger partial charge in [-0.05, 0) is 18.4 Å². The minimum absolute atomic E-state index is 0.107. The maximum absolute atomic E-state index is 13.0. The molecule has 3 heterocycles. The van der Waals surface area contributed by atoms with Crippen molar-refractivity contribution in [3.8, 4) is 34.5 Å². The fourth-order valence-electron chi connectivity index (χ4n) is 3.93. The predicted octanol–water partition coefficient (Wildman–Crippen LogP) is 4.31. The first-order chi connectivity index (χ1) is 17.8. The second-order valence-corrected chi connectivity index (χ2v) is 8.64. The first-order valence-electron chi connectivity index (χ1n) is 11.5. The van der Waals surface area contributed by atoms with Crippen molar-refractivity contribution in [1.29, 1.82) is 0 Å². The summed E-state index contributed by atoms with van der Waals surface area (Å²) in [6.07, 6.45) is 1.40. The molecule has 0 bridgehead atoms. The van der Waals surface area contributed by atoms with E-state index in [0.29, 0.717) is 34.3 Å². The first kappa shape index (κ1) is 24.6. The number of rotatable bonds is 8. The van der Waals surface area contributed by atoms with Gasteiger partial charge in [0.25, 0.3) is 0 Å². The van der Waals surface area contributed by atoms with E-state index in [0.717, 1.165) is 30.3 Å². The van der Waals surface area contributed by atoms with Crippen LogP contribution in [0, 0.1) is 0 Å². The average Bonchev–Trinajstić information content (AvgIpc) is 3.67. The minimum Gasteiger partial charge on any atom is -0.480 e. The van der Waals surface area contributed by atoms with Crippen LogP contribution in [0.15, 0.2) is 43.0 Å². The fourth-order valence-corrected chi connectivity index (χ4v) is 3.93. The van der Waals surface area contributed by atoms with Crippen LogP contribution in [0.25, 0.3) is 22.8 Å². The molecule has 1 aliphatic rings. The number of aliphatic hydroxyl groups is 1. The van der Waals surface area contributed by atoms with E-state index in [1.807, 2.05) is 0 Å². The summed E-state index contributed by atoms with van der Waals surface area (Å²) in [5, 5.41) is 9.78. The molecule has 1 N–H and O–H groups in total. The SMILES string of the molecule is COc1ncnc(C2CC2)c1-c1ncc(CO)c(OCc2ccc(-c3nc(C(F)(F)F)cn3C)cc2)n1. The summed E-state index contributed by atoms with van der Waals surface area (Å²) >= 11 is 0. The zero-order valence-electron chi connectivity index (χ0n) is 20.0. The Hall–Kier alpha value is -4.06. The van der Waals surface area contributed by atoms with Gasteiger partial charge in [0, 0.05) is 30.9 Å². The molecule has 0 radical (unpaired) electrons. The van der Waals surface area contributed by atoms with Gasteiger partial charge in [-0.15, -0.1) is 0 Å². The van der Waals surface area contributed by atoms with E-state index < -0.39 is 11.9 Å². The van der Waals surface area contributed by atoms with Crippen molar-refractivity contribution in [1.82, 2.24) is 29.5 Å². The lowest BCUT2D eigenvalue weighted by Crippen LogP contribution is -2.06. The van der Waals surface area contributed by atoms with E-state index in [1.54, 1.807) is 24.3 Å². The van der Waals surface area contributed by atoms with E-state index in [2.05, 4.69) is 24.9 Å². The van der Waals surface area contributed by atoms with Crippen LogP contribution >= 0.6 is 0 Å². The van der Waals surface area contributed by atoms with E-state index in [-0.39, 0.29) is 24.9 Å². The van der Waals surface area contributed by atoms with Gasteiger partial charge in [0.15, 0.2) is 11.5 Å². The largest absolute Gasteiger partial charge is 0.480 e. The van der Waals surface area contributed by atoms with Crippen LogP contribution in [0.3, 0.4) is 0 Å². The normalized spacial score (nSPS) is 13.6. The van der Waals surface area contributed by atoms with E-state index in [1.165, 1.54) is 31.2 Å². The lowest BCUT2D eigenvalue weighted by atomic mass is 10.1. The third-order valence-corrected chi connectivity index (χ3v) is 5.97. The Labute approximate surface area is 210 Å². The Morgan fingerprint density at radius 3 is 2.43 bits per heavy atom. The standard InChI is InChI=1S/C25H23F3N6O3/c1-34-10-18(25(26,27)28)32-22(34)16-5-3-14(4-6-16)12-37-23-17(11-35)9-29-21(33-23)19-20(15-7-8-15)30-13-31-24(19)36-2/h3-6,9-10,13,15,35H,7-8,11-12H2,1-2H3. The Balaban J connectivity index is 1.38. The summed E-state index contributed by atoms with van der Waals surface area (Å²) in [6, 6.07) is 6.82. The van der Waals surface area contributed by atoms with Crippen molar-refractivity contribution in [2.75, 3.05) is 7.11 Å². The summed E-state index contributed by atoms with van der Waals surface area (Å²) in [4.78, 5) is 21.2. The molecule has 0 atom stereocenters. The van der Waals surface area contributed by atoms with Gasteiger partial charge >= 0.3 is 6.18 Å². The number of aliphatic hydroxyl groups excluding tert-OH is 1. The molecule has 1 saturated carbocycles. The molecule has 0 unspecified atom stereocenters. The molecule has 3 aromatic heterocycles. The van der Waals surface area contributed by atoms with Gasteiger partial charge in [-0.25, -0.2) is 19.9 Å². The van der Waals surface area contributed by atoms with Gasteiger partial charge in [0.05, 0.1) is 25.0 Å². The van der Waals surface area contributed by atoms with Crippen LogP contribution in [-0.2, 0) is 26.4 Å². The lowest BCUT2D eigenvalue weighted by molar-refractivity contribution is -0.140. The maximum Gasteiger partial charge on any atom is 0.434 e. The Morgan fingerprint density at radius 2 is 1.81 bits per heavy atom. The number of hydrogen-bond acceptors (Lipinski definition) is 8. The molecule has 192 valence electrons. The summed E-state index contributed by atoms with van der Waals surface area (Å²) in [5.41, 5.74) is 2.14. The Bertz CT molecular complexity index is 1420. The van der Waals surface area contributed by atoms with Crippen molar-refractivity contribution in [2.24, 2.45) is 7.05 Å². The number of nitrogens with zero attached hydrogens (tertiary/aromatic N) is 6. The smallest absolute Gasteiger partial charge is 0.434 e. The Kier molecular flexibility index (Phi) is 6.50. The van der Waals surface area contributed by atoms with E-state index >= 15 is 0 Å². The highest BCUT2D eigenvalue weighted by atomic mass is 19.4. The van der Waals surface area contributed by atoms with Crippen LogP contribution in [0.2, 0.25) is 0 Å². The molecule has 9 nitrogen and oxygen atoms in total. The van der Waals surface area contributed by atoms with Crippen molar-refractivity contribution < 1.29 is 27.8 Å². The molecular weight excluding hydrogens is 489 g/mol. The summed E-state index contributed by atoms with van der Waals surface area (Å²) in [6.45, 7) is -0.219. The number of methoxy groups -OCH3 is 1. The van der Waals surface area contributed by atoms with E-state index in [4.69, 9.17) is 9.47 Å². The molecule has 37 heavy (non-hydrogen) atoms. The van der Waals surface area contributed by atoms with Crippen LogP contribution in [0.1, 0.15) is 41.3 Å². The van der Waals surface area contributed by atoms with Crippen molar-refractivity contribution in [3.63, 3.8) is 0 Å². The summed E-state index contributed by atoms with van der Waals surface area (Å²) < 4.78 is 51.7. The van der Waals surface area contributed by atoms with Gasteiger partial charge in [0.2, 0.25) is 11.8 Å². The molecule has 1 fully saturated rings. The Morgan fingerprint density at radius 1 is 1.05 bits per heavy atom. The topological polar surface area (TPSA) is 108 Å². The maximum atomic E-state index is 13.0. The number of aryl methyl sites for hydroxylation is 1. The molecule has 1 aliphatic carbocycles. The lowest BCUT2D eigenvalue weighted by Gasteiger charge is -2.13. The van der Waals surface area contributed by atoms with Crippen molar-refractivity contribution in [3.05, 3.63) is 65.5 Å². The second kappa shape index (κ2) is 9.77. The molecule has 12 heteroatoms. The molecule has 1 aromatic carbocycles. The highest BCUT2D eigenvalue weighted by Crippen LogP contribution is 2.45. The minimum atomic E-state index is -4.51. The molecule has 0 aliphatic heterocycles. The van der Waals surface area contributed by atoms with Gasteiger partial charge < -0.3 is 19.1 Å². The average molecular weight is 512 g/mol. The summed E-state index contributed by atoms with van der Waals surface area (Å²) in [5.74, 6) is 1.38.